The lowest BCUT2D eigenvalue weighted by Crippen LogP contribution is -1.70. The molecule has 0 fully saturated rings. The molecule has 1 aromatic heterocycles. The first-order valence-corrected chi connectivity index (χ1v) is 4.22. The van der Waals surface area contributed by atoms with Gasteiger partial charge in [0.25, 0.3) is 0 Å². The van der Waals surface area contributed by atoms with Crippen molar-refractivity contribution in [3.05, 3.63) is 27.8 Å². The van der Waals surface area contributed by atoms with E-state index in [1.807, 2.05) is 12.1 Å². The lowest BCUT2D eigenvalue weighted by molar-refractivity contribution is 1.12. The van der Waals surface area contributed by atoms with E-state index in [0.29, 0.717) is 5.02 Å². The fourth-order valence-corrected chi connectivity index (χ4v) is 1.46. The number of rotatable bonds is 0. The summed E-state index contributed by atoms with van der Waals surface area (Å²) in [5.41, 5.74) is 0.957. The molecule has 11 heavy (non-hydrogen) atoms. The van der Waals surface area contributed by atoms with Gasteiger partial charge in [-0.1, -0.05) is 11.6 Å². The molecule has 2 rings (SSSR count). The van der Waals surface area contributed by atoms with E-state index in [1.54, 1.807) is 6.20 Å². The third kappa shape index (κ3) is 1.14. The summed E-state index contributed by atoms with van der Waals surface area (Å²) in [5, 5.41) is 8.46. The van der Waals surface area contributed by atoms with Gasteiger partial charge in [-0.2, -0.15) is 5.10 Å². The van der Waals surface area contributed by atoms with Gasteiger partial charge in [0, 0.05) is 9.86 Å². The Labute approximate surface area is 76.7 Å². The van der Waals surface area contributed by atoms with Crippen molar-refractivity contribution in [2.45, 2.75) is 0 Å². The number of fused-ring (bicyclic) bond motifs is 1. The predicted molar refractivity (Wildman–Crippen MR) is 48.8 cm³/mol. The average molecular weight is 231 g/mol. The first kappa shape index (κ1) is 7.13. The zero-order valence-electron chi connectivity index (χ0n) is 5.44. The molecule has 0 unspecified atom stereocenters. The second kappa shape index (κ2) is 2.50. The van der Waals surface area contributed by atoms with Crippen molar-refractivity contribution < 1.29 is 0 Å². The van der Waals surface area contributed by atoms with Crippen molar-refractivity contribution in [1.29, 1.82) is 0 Å². The summed E-state index contributed by atoms with van der Waals surface area (Å²) >= 11 is 9.18. The Morgan fingerprint density at radius 3 is 3.09 bits per heavy atom. The molecule has 2 aromatic rings. The molecule has 0 atom stereocenters. The molecule has 0 amide bonds. The van der Waals surface area contributed by atoms with Gasteiger partial charge in [-0.15, -0.1) is 0 Å². The highest BCUT2D eigenvalue weighted by Crippen LogP contribution is 2.26. The summed E-state index contributed by atoms with van der Waals surface area (Å²) in [5.74, 6) is 0. The number of nitrogens with zero attached hydrogens (tertiary/aromatic N) is 1. The normalized spacial score (nSPS) is 10.7. The van der Waals surface area contributed by atoms with Gasteiger partial charge in [-0.05, 0) is 28.1 Å². The van der Waals surface area contributed by atoms with Gasteiger partial charge in [0.15, 0.2) is 0 Å². The Kier molecular flexibility index (Phi) is 1.62. The van der Waals surface area contributed by atoms with Crippen molar-refractivity contribution >= 4 is 38.4 Å². The quantitative estimate of drug-likeness (QED) is 0.742. The maximum atomic E-state index is 5.85. The van der Waals surface area contributed by atoms with E-state index >= 15 is 0 Å². The van der Waals surface area contributed by atoms with Crippen LogP contribution in [-0.2, 0) is 0 Å². The third-order valence-corrected chi connectivity index (χ3v) is 2.68. The van der Waals surface area contributed by atoms with Gasteiger partial charge >= 0.3 is 0 Å². The number of H-pyrrole nitrogens is 1. The summed E-state index contributed by atoms with van der Waals surface area (Å²) < 4.78 is 0.896. The first-order valence-electron chi connectivity index (χ1n) is 3.05. The molecule has 0 radical (unpaired) electrons. The summed E-state index contributed by atoms with van der Waals surface area (Å²) in [6, 6.07) is 3.77. The molecule has 1 aromatic carbocycles. The average Bonchev–Trinajstić information content (AvgIpc) is 2.36. The molecule has 0 aliphatic carbocycles. The molecular weight excluding hydrogens is 227 g/mol. The molecule has 0 aliphatic rings. The van der Waals surface area contributed by atoms with Gasteiger partial charge < -0.3 is 0 Å². The van der Waals surface area contributed by atoms with Gasteiger partial charge in [-0.25, -0.2) is 0 Å². The van der Waals surface area contributed by atoms with Crippen LogP contribution in [0.2, 0.25) is 5.02 Å². The molecular formula is C7H4BrClN2. The van der Waals surface area contributed by atoms with Gasteiger partial charge in [0.05, 0.1) is 16.7 Å². The fourth-order valence-electron chi connectivity index (χ4n) is 0.937. The molecule has 0 saturated heterocycles. The second-order valence-corrected chi connectivity index (χ2v) is 3.49. The largest absolute Gasteiger partial charge is 0.278 e. The van der Waals surface area contributed by atoms with Gasteiger partial charge in [0.1, 0.15) is 0 Å². The zero-order chi connectivity index (χ0) is 7.84. The van der Waals surface area contributed by atoms with Gasteiger partial charge in [-0.3, -0.25) is 5.10 Å². The molecule has 0 bridgehead atoms. The number of aromatic nitrogens is 2. The minimum atomic E-state index is 0.696. The topological polar surface area (TPSA) is 28.7 Å². The highest BCUT2D eigenvalue weighted by Gasteiger charge is 2.00. The number of hydrogen-bond acceptors (Lipinski definition) is 1. The highest BCUT2D eigenvalue weighted by molar-refractivity contribution is 9.10. The Hall–Kier alpha value is -0.540. The zero-order valence-corrected chi connectivity index (χ0v) is 7.78. The van der Waals surface area contributed by atoms with E-state index in [1.165, 1.54) is 0 Å². The second-order valence-electron chi connectivity index (χ2n) is 2.22. The molecule has 1 N–H and O–H groups in total. The lowest BCUT2D eigenvalue weighted by Gasteiger charge is -1.93. The fraction of sp³-hybridized carbons (Fsp3) is 0. The molecule has 1 heterocycles. The number of benzene rings is 1. The molecule has 56 valence electrons. The standard InChI is InChI=1S/C7H4BrClN2/c8-5-1-4-3-10-11-7(4)2-6(5)9/h1-3H,(H,10,11). The summed E-state index contributed by atoms with van der Waals surface area (Å²) in [7, 11) is 0. The maximum Gasteiger partial charge on any atom is 0.0665 e. The van der Waals surface area contributed by atoms with Crippen LogP contribution in [0.4, 0.5) is 0 Å². The Balaban J connectivity index is 2.86. The van der Waals surface area contributed by atoms with E-state index in [4.69, 9.17) is 11.6 Å². The van der Waals surface area contributed by atoms with E-state index in [0.717, 1.165) is 15.4 Å². The lowest BCUT2D eigenvalue weighted by atomic mass is 10.3. The Morgan fingerprint density at radius 2 is 2.27 bits per heavy atom. The Morgan fingerprint density at radius 1 is 1.45 bits per heavy atom. The molecule has 4 heteroatoms. The van der Waals surface area contributed by atoms with E-state index in [-0.39, 0.29) is 0 Å². The van der Waals surface area contributed by atoms with Crippen LogP contribution in [0.15, 0.2) is 22.8 Å². The van der Waals surface area contributed by atoms with Crippen molar-refractivity contribution in [3.8, 4) is 0 Å². The van der Waals surface area contributed by atoms with E-state index in [2.05, 4.69) is 26.1 Å². The molecule has 0 spiro atoms. The number of hydrogen-bond donors (Lipinski definition) is 1. The van der Waals surface area contributed by atoms with Crippen molar-refractivity contribution in [2.75, 3.05) is 0 Å². The summed E-state index contributed by atoms with van der Waals surface area (Å²) in [6.45, 7) is 0. The highest BCUT2D eigenvalue weighted by atomic mass is 79.9. The summed E-state index contributed by atoms with van der Waals surface area (Å²) in [6.07, 6.45) is 1.76. The van der Waals surface area contributed by atoms with Crippen LogP contribution in [0.3, 0.4) is 0 Å². The SMILES string of the molecule is Clc1cc2[nH]ncc2cc1Br. The van der Waals surface area contributed by atoms with E-state index < -0.39 is 0 Å². The van der Waals surface area contributed by atoms with Gasteiger partial charge in [0.2, 0.25) is 0 Å². The van der Waals surface area contributed by atoms with Crippen molar-refractivity contribution in [2.24, 2.45) is 0 Å². The van der Waals surface area contributed by atoms with Crippen LogP contribution in [0.25, 0.3) is 10.9 Å². The minimum Gasteiger partial charge on any atom is -0.278 e. The molecule has 2 nitrogen and oxygen atoms in total. The van der Waals surface area contributed by atoms with Crippen molar-refractivity contribution in [1.82, 2.24) is 10.2 Å². The molecule has 0 saturated carbocycles. The number of aromatic amines is 1. The smallest absolute Gasteiger partial charge is 0.0665 e. The van der Waals surface area contributed by atoms with Crippen LogP contribution in [0.1, 0.15) is 0 Å². The van der Waals surface area contributed by atoms with Crippen molar-refractivity contribution in [3.63, 3.8) is 0 Å². The predicted octanol–water partition coefficient (Wildman–Crippen LogP) is 2.98. The van der Waals surface area contributed by atoms with Crippen LogP contribution >= 0.6 is 27.5 Å². The minimum absolute atomic E-state index is 0.696. The summed E-state index contributed by atoms with van der Waals surface area (Å²) in [4.78, 5) is 0. The number of halogens is 2. The van der Waals surface area contributed by atoms with E-state index in [9.17, 15) is 0 Å². The molecule has 0 aliphatic heterocycles. The maximum absolute atomic E-state index is 5.85. The van der Waals surface area contributed by atoms with Crippen LogP contribution in [-0.4, -0.2) is 10.2 Å². The Bertz CT molecular complexity index is 360. The van der Waals surface area contributed by atoms with Crippen LogP contribution in [0, 0.1) is 0 Å². The van der Waals surface area contributed by atoms with Crippen LogP contribution < -0.4 is 0 Å². The number of nitrogens with one attached hydrogen (secondary N) is 1. The first-order chi connectivity index (χ1) is 5.27. The third-order valence-electron chi connectivity index (χ3n) is 1.48. The monoisotopic (exact) mass is 230 g/mol. The van der Waals surface area contributed by atoms with Crippen LogP contribution in [0.5, 0.6) is 0 Å².